The SMILES string of the molecule is COC(=O)[C@]12CC(=O)[C@H](C(C)C)CC(=O)[C@H](C)CCC[C@H](C)CC(=O)[C@H]1CC(C)=C1[C@@H](O)C[C@](C)(O)[C@@H]3CC[C@@](C)(O3)[C@@H](O)CCC(C)=C[C@@H]12. The predicted molar refractivity (Wildman–Crippen MR) is 191 cm³/mol. The van der Waals surface area contributed by atoms with Crippen LogP contribution < -0.4 is 0 Å². The standard InChI is InChI=1S/C41H64O9/c1-23(2)28-20-31(42)26(5)12-10-11-24(3)18-32(43)29-19-27(6)37-30(41(29,22-33(28)44)38(47)49-9)17-25(4)13-14-35(46)40(8)16-15-36(50-40)39(7,48)21-34(37)45/h17,23-24,26,28-30,34-36,45-46,48H,10-16,18-22H2,1-9H3/t24-,26+,28-,29+,30-,34-,35-,36-,39-,40+,41+/m0/s1. The first-order valence-corrected chi connectivity index (χ1v) is 19.1. The number of ketones is 3. The van der Waals surface area contributed by atoms with E-state index in [0.717, 1.165) is 24.0 Å². The van der Waals surface area contributed by atoms with Gasteiger partial charge in [0.05, 0.1) is 42.0 Å². The molecule has 3 N–H and O–H groups in total. The Balaban J connectivity index is 1.98. The molecule has 282 valence electrons. The Bertz CT molecular complexity index is 1360. The van der Waals surface area contributed by atoms with Gasteiger partial charge in [-0.3, -0.25) is 19.2 Å². The third kappa shape index (κ3) is 8.21. The van der Waals surface area contributed by atoms with Crippen molar-refractivity contribution in [2.75, 3.05) is 7.11 Å². The molecule has 9 nitrogen and oxygen atoms in total. The van der Waals surface area contributed by atoms with Crippen LogP contribution in [0.15, 0.2) is 22.8 Å². The van der Waals surface area contributed by atoms with Crippen molar-refractivity contribution in [3.8, 4) is 0 Å². The molecule has 1 saturated carbocycles. The first-order chi connectivity index (χ1) is 23.3. The third-order valence-corrected chi connectivity index (χ3v) is 13.0. The van der Waals surface area contributed by atoms with E-state index in [9.17, 15) is 34.5 Å². The zero-order chi connectivity index (χ0) is 37.3. The molecule has 0 aromatic rings. The van der Waals surface area contributed by atoms with E-state index < -0.39 is 58.7 Å². The van der Waals surface area contributed by atoms with Gasteiger partial charge in [-0.1, -0.05) is 57.8 Å². The van der Waals surface area contributed by atoms with E-state index in [1.807, 2.05) is 54.5 Å². The molecule has 0 aromatic heterocycles. The van der Waals surface area contributed by atoms with Gasteiger partial charge in [0, 0.05) is 49.4 Å². The summed E-state index contributed by atoms with van der Waals surface area (Å²) >= 11 is 0. The summed E-state index contributed by atoms with van der Waals surface area (Å²) in [7, 11) is 1.27. The molecular weight excluding hydrogens is 636 g/mol. The lowest BCUT2D eigenvalue weighted by Gasteiger charge is -2.49. The average molecular weight is 701 g/mol. The number of ether oxygens (including phenoxy) is 2. The molecule has 4 rings (SSSR count). The van der Waals surface area contributed by atoms with Crippen LogP contribution in [0.4, 0.5) is 0 Å². The van der Waals surface area contributed by atoms with Crippen molar-refractivity contribution >= 4 is 23.3 Å². The maximum absolute atomic E-state index is 14.7. The van der Waals surface area contributed by atoms with Gasteiger partial charge < -0.3 is 24.8 Å². The van der Waals surface area contributed by atoms with E-state index in [1.165, 1.54) is 7.11 Å². The molecule has 0 radical (unpaired) electrons. The van der Waals surface area contributed by atoms with E-state index in [0.29, 0.717) is 37.7 Å². The summed E-state index contributed by atoms with van der Waals surface area (Å²) in [5.74, 6) is -3.92. The van der Waals surface area contributed by atoms with Gasteiger partial charge in [0.25, 0.3) is 0 Å². The van der Waals surface area contributed by atoms with Crippen molar-refractivity contribution in [1.29, 1.82) is 0 Å². The summed E-state index contributed by atoms with van der Waals surface area (Å²) in [6, 6.07) is 0. The van der Waals surface area contributed by atoms with E-state index in [-0.39, 0.29) is 67.2 Å². The molecule has 2 fully saturated rings. The highest BCUT2D eigenvalue weighted by Crippen LogP contribution is 2.56. The fraction of sp³-hybridized carbons (Fsp3) is 0.805. The maximum Gasteiger partial charge on any atom is 0.313 e. The molecule has 9 heteroatoms. The minimum atomic E-state index is -1.70. The number of esters is 1. The zero-order valence-corrected chi connectivity index (χ0v) is 32.0. The van der Waals surface area contributed by atoms with Gasteiger partial charge in [0.15, 0.2) is 0 Å². The third-order valence-electron chi connectivity index (χ3n) is 13.0. The Labute approximate surface area is 299 Å². The average Bonchev–Trinajstić information content (AvgIpc) is 3.45. The lowest BCUT2D eigenvalue weighted by Crippen LogP contribution is -2.55. The quantitative estimate of drug-likeness (QED) is 0.225. The Hall–Kier alpha value is -2.20. The summed E-state index contributed by atoms with van der Waals surface area (Å²) in [5, 5.41) is 35.4. The van der Waals surface area contributed by atoms with Crippen LogP contribution in [0.25, 0.3) is 0 Å². The number of fused-ring (bicyclic) bond motifs is 5. The van der Waals surface area contributed by atoms with Crippen LogP contribution in [-0.4, -0.2) is 75.3 Å². The van der Waals surface area contributed by atoms with Crippen molar-refractivity contribution < 1.29 is 44.0 Å². The number of aliphatic hydroxyl groups is 3. The molecule has 0 spiro atoms. The number of Topliss-reactive ketones (excluding diaryl/α,β-unsaturated/α-hetero) is 3. The minimum absolute atomic E-state index is 0.00387. The van der Waals surface area contributed by atoms with Crippen LogP contribution in [0.3, 0.4) is 0 Å². The topological polar surface area (TPSA) is 147 Å². The maximum atomic E-state index is 14.7. The van der Waals surface area contributed by atoms with Gasteiger partial charge in [0.2, 0.25) is 0 Å². The van der Waals surface area contributed by atoms with Crippen molar-refractivity contribution in [2.24, 2.45) is 40.9 Å². The monoisotopic (exact) mass is 700 g/mol. The van der Waals surface area contributed by atoms with Crippen LogP contribution in [0.1, 0.15) is 132 Å². The van der Waals surface area contributed by atoms with Crippen molar-refractivity contribution in [3.05, 3.63) is 22.8 Å². The molecule has 2 aliphatic carbocycles. The summed E-state index contributed by atoms with van der Waals surface area (Å²) < 4.78 is 11.9. The molecule has 11 atom stereocenters. The van der Waals surface area contributed by atoms with Gasteiger partial charge in [-0.25, -0.2) is 0 Å². The Morgan fingerprint density at radius 1 is 0.960 bits per heavy atom. The van der Waals surface area contributed by atoms with E-state index in [1.54, 1.807) is 6.92 Å². The number of carbonyl (C=O) groups excluding carboxylic acids is 4. The highest BCUT2D eigenvalue weighted by atomic mass is 16.5. The van der Waals surface area contributed by atoms with Crippen molar-refractivity contribution in [1.82, 2.24) is 0 Å². The number of allylic oxidation sites excluding steroid dienone is 3. The first kappa shape index (κ1) is 40.6. The summed E-state index contributed by atoms with van der Waals surface area (Å²) in [6.45, 7) is 15.0. The largest absolute Gasteiger partial charge is 0.469 e. The predicted octanol–water partition coefficient (Wildman–Crippen LogP) is 6.25. The Morgan fingerprint density at radius 3 is 2.28 bits per heavy atom. The molecule has 0 amide bonds. The molecular formula is C41H64O9. The highest BCUT2D eigenvalue weighted by Gasteiger charge is 2.60. The second-order valence-corrected chi connectivity index (χ2v) is 17.4. The van der Waals surface area contributed by atoms with Gasteiger partial charge in [-0.05, 0) is 83.6 Å². The normalized spacial score (nSPS) is 41.6. The molecule has 0 aromatic carbocycles. The fourth-order valence-electron chi connectivity index (χ4n) is 9.56. The molecule has 0 unspecified atom stereocenters. The lowest BCUT2D eigenvalue weighted by atomic mass is 9.52. The fourth-order valence-corrected chi connectivity index (χ4v) is 9.56. The van der Waals surface area contributed by atoms with E-state index in [4.69, 9.17) is 9.47 Å². The molecule has 2 aliphatic heterocycles. The Kier molecular flexibility index (Phi) is 12.8. The second kappa shape index (κ2) is 15.8. The second-order valence-electron chi connectivity index (χ2n) is 17.4. The first-order valence-electron chi connectivity index (χ1n) is 19.1. The number of hydrogen-bond acceptors (Lipinski definition) is 9. The van der Waals surface area contributed by atoms with Crippen LogP contribution in [0.2, 0.25) is 0 Å². The smallest absolute Gasteiger partial charge is 0.313 e. The summed E-state index contributed by atoms with van der Waals surface area (Å²) in [6.07, 6.45) is 3.32. The number of carbonyl (C=O) groups is 4. The highest BCUT2D eigenvalue weighted by molar-refractivity contribution is 5.97. The van der Waals surface area contributed by atoms with E-state index in [2.05, 4.69) is 0 Å². The van der Waals surface area contributed by atoms with E-state index >= 15 is 0 Å². The number of methoxy groups -OCH3 is 1. The van der Waals surface area contributed by atoms with Crippen LogP contribution >= 0.6 is 0 Å². The zero-order valence-electron chi connectivity index (χ0n) is 32.0. The van der Waals surface area contributed by atoms with Crippen LogP contribution in [0, 0.1) is 40.9 Å². The van der Waals surface area contributed by atoms with Gasteiger partial charge in [0.1, 0.15) is 17.3 Å². The van der Waals surface area contributed by atoms with Gasteiger partial charge in [-0.2, -0.15) is 0 Å². The molecule has 4 aliphatic rings. The number of rotatable bonds is 2. The molecule has 1 saturated heterocycles. The van der Waals surface area contributed by atoms with Gasteiger partial charge in [-0.15, -0.1) is 0 Å². The molecule has 50 heavy (non-hydrogen) atoms. The minimum Gasteiger partial charge on any atom is -0.469 e. The Morgan fingerprint density at radius 2 is 1.64 bits per heavy atom. The van der Waals surface area contributed by atoms with Crippen molar-refractivity contribution in [2.45, 2.75) is 162 Å². The summed E-state index contributed by atoms with van der Waals surface area (Å²) in [5.41, 5.74) is -1.96. The number of hydrogen-bond donors (Lipinski definition) is 3. The summed E-state index contributed by atoms with van der Waals surface area (Å²) in [4.78, 5) is 57.4. The lowest BCUT2D eigenvalue weighted by molar-refractivity contribution is -0.169. The molecule has 2 bridgehead atoms. The van der Waals surface area contributed by atoms with Crippen molar-refractivity contribution in [3.63, 3.8) is 0 Å². The van der Waals surface area contributed by atoms with Gasteiger partial charge >= 0.3 is 5.97 Å². The van der Waals surface area contributed by atoms with Crippen LogP contribution in [-0.2, 0) is 28.7 Å². The van der Waals surface area contributed by atoms with Crippen LogP contribution in [0.5, 0.6) is 0 Å². The molecule has 2 heterocycles. The number of aliphatic hydroxyl groups excluding tert-OH is 2.